The molecule has 3 nitrogen and oxygen atoms in total. The molecular weight excluding hydrogens is 220 g/mol. The smallest absolute Gasteiger partial charge is 0.105 e. The van der Waals surface area contributed by atoms with Crippen molar-refractivity contribution in [2.45, 2.75) is 25.8 Å². The van der Waals surface area contributed by atoms with E-state index in [4.69, 9.17) is 4.42 Å². The molecule has 0 aromatic carbocycles. The molecule has 0 bridgehead atoms. The van der Waals surface area contributed by atoms with Crippen molar-refractivity contribution in [2.75, 3.05) is 6.54 Å². The third kappa shape index (κ3) is 3.47. The van der Waals surface area contributed by atoms with Crippen LogP contribution in [0, 0.1) is 0 Å². The Labute approximate surface area is 99.5 Å². The highest BCUT2D eigenvalue weighted by Gasteiger charge is 2.05. The first-order valence-corrected chi connectivity index (χ1v) is 6.36. The fourth-order valence-corrected chi connectivity index (χ4v) is 2.23. The summed E-state index contributed by atoms with van der Waals surface area (Å²) < 4.78 is 5.31. The van der Waals surface area contributed by atoms with Gasteiger partial charge in [-0.3, -0.25) is 0 Å². The van der Waals surface area contributed by atoms with Crippen LogP contribution in [0.1, 0.15) is 17.7 Å². The average molecular weight is 236 g/mol. The molecule has 2 aromatic heterocycles. The van der Waals surface area contributed by atoms with Gasteiger partial charge in [-0.05, 0) is 19.1 Å². The lowest BCUT2D eigenvalue weighted by molar-refractivity contribution is 0.458. The number of aromatic nitrogens is 1. The zero-order valence-electron chi connectivity index (χ0n) is 9.35. The molecule has 2 heterocycles. The van der Waals surface area contributed by atoms with Crippen molar-refractivity contribution in [1.82, 2.24) is 10.3 Å². The Morgan fingerprint density at radius 3 is 3.19 bits per heavy atom. The predicted molar refractivity (Wildman–Crippen MR) is 65.7 cm³/mol. The van der Waals surface area contributed by atoms with Crippen LogP contribution in [-0.2, 0) is 12.8 Å². The molecule has 0 saturated heterocycles. The lowest BCUT2D eigenvalue weighted by Crippen LogP contribution is -2.29. The zero-order chi connectivity index (χ0) is 11.2. The van der Waals surface area contributed by atoms with Gasteiger partial charge < -0.3 is 9.73 Å². The molecule has 0 fully saturated rings. The minimum absolute atomic E-state index is 0.436. The van der Waals surface area contributed by atoms with Crippen LogP contribution in [0.4, 0.5) is 0 Å². The first-order valence-electron chi connectivity index (χ1n) is 5.49. The lowest BCUT2D eigenvalue weighted by atomic mass is 10.2. The van der Waals surface area contributed by atoms with Crippen LogP contribution in [0.2, 0.25) is 0 Å². The van der Waals surface area contributed by atoms with Crippen LogP contribution in [0.25, 0.3) is 0 Å². The minimum atomic E-state index is 0.436. The average Bonchev–Trinajstić information content (AvgIpc) is 2.90. The van der Waals surface area contributed by atoms with Crippen LogP contribution in [0.15, 0.2) is 34.4 Å². The largest absolute Gasteiger partial charge is 0.469 e. The van der Waals surface area contributed by atoms with Gasteiger partial charge in [0.1, 0.15) is 5.76 Å². The van der Waals surface area contributed by atoms with Gasteiger partial charge in [0.05, 0.1) is 11.3 Å². The molecule has 4 heteroatoms. The molecule has 0 radical (unpaired) electrons. The first-order chi connectivity index (χ1) is 7.84. The zero-order valence-corrected chi connectivity index (χ0v) is 10.2. The number of furan rings is 1. The molecule has 0 aliphatic heterocycles. The second-order valence-electron chi connectivity index (χ2n) is 3.81. The van der Waals surface area contributed by atoms with E-state index in [-0.39, 0.29) is 0 Å². The Balaban J connectivity index is 1.66. The molecule has 0 saturated carbocycles. The van der Waals surface area contributed by atoms with Gasteiger partial charge in [-0.25, -0.2) is 4.98 Å². The molecule has 86 valence electrons. The summed E-state index contributed by atoms with van der Waals surface area (Å²) >= 11 is 1.71. The first kappa shape index (κ1) is 11.4. The monoisotopic (exact) mass is 236 g/mol. The quantitative estimate of drug-likeness (QED) is 0.837. The molecule has 2 rings (SSSR count). The molecule has 2 aromatic rings. The Bertz CT molecular complexity index is 383. The molecule has 0 spiro atoms. The fourth-order valence-electron chi connectivity index (χ4n) is 1.60. The summed E-state index contributed by atoms with van der Waals surface area (Å²) in [6, 6.07) is 4.38. The third-order valence-electron chi connectivity index (χ3n) is 2.40. The van der Waals surface area contributed by atoms with Crippen molar-refractivity contribution in [2.24, 2.45) is 0 Å². The van der Waals surface area contributed by atoms with Crippen LogP contribution in [0.3, 0.4) is 0 Å². The van der Waals surface area contributed by atoms with Crippen molar-refractivity contribution in [3.63, 3.8) is 0 Å². The van der Waals surface area contributed by atoms with E-state index < -0.39 is 0 Å². The highest BCUT2D eigenvalue weighted by atomic mass is 32.1. The van der Waals surface area contributed by atoms with Crippen molar-refractivity contribution in [3.8, 4) is 0 Å². The van der Waals surface area contributed by atoms with Gasteiger partial charge in [-0.2, -0.15) is 0 Å². The van der Waals surface area contributed by atoms with Crippen molar-refractivity contribution < 1.29 is 4.42 Å². The Hall–Kier alpha value is -1.13. The highest BCUT2D eigenvalue weighted by Crippen LogP contribution is 2.05. The summed E-state index contributed by atoms with van der Waals surface area (Å²) in [5.74, 6) is 1.04. The Morgan fingerprint density at radius 1 is 1.56 bits per heavy atom. The van der Waals surface area contributed by atoms with Gasteiger partial charge in [0.2, 0.25) is 0 Å². The van der Waals surface area contributed by atoms with Crippen LogP contribution < -0.4 is 5.32 Å². The van der Waals surface area contributed by atoms with E-state index >= 15 is 0 Å². The standard InChI is InChI=1S/C12H16N2OS/c1-10(9-11-3-2-7-15-11)13-5-4-12-14-6-8-16-12/h2-3,6-8,10,13H,4-5,9H2,1H3. The topological polar surface area (TPSA) is 38.1 Å². The molecule has 1 N–H and O–H groups in total. The maximum atomic E-state index is 5.31. The number of rotatable bonds is 6. The van der Waals surface area contributed by atoms with Gasteiger partial charge in [0.25, 0.3) is 0 Å². The Morgan fingerprint density at radius 2 is 2.50 bits per heavy atom. The molecular formula is C12H16N2OS. The number of thiazole rings is 1. The number of nitrogens with zero attached hydrogens (tertiary/aromatic N) is 1. The van der Waals surface area contributed by atoms with E-state index in [1.165, 1.54) is 5.01 Å². The van der Waals surface area contributed by atoms with Crippen molar-refractivity contribution in [3.05, 3.63) is 40.7 Å². The Kier molecular flexibility index (Phi) is 4.13. The van der Waals surface area contributed by atoms with Gasteiger partial charge >= 0.3 is 0 Å². The van der Waals surface area contributed by atoms with E-state index in [0.29, 0.717) is 6.04 Å². The van der Waals surface area contributed by atoms with Gasteiger partial charge in [0.15, 0.2) is 0 Å². The second kappa shape index (κ2) is 5.82. The van der Waals surface area contributed by atoms with E-state index in [9.17, 15) is 0 Å². The number of hydrogen-bond donors (Lipinski definition) is 1. The summed E-state index contributed by atoms with van der Waals surface area (Å²) in [6.45, 7) is 3.14. The SMILES string of the molecule is CC(Cc1ccco1)NCCc1nccs1. The predicted octanol–water partition coefficient (Wildman–Crippen LogP) is 2.50. The molecule has 0 aliphatic rings. The van der Waals surface area contributed by atoms with Crippen molar-refractivity contribution >= 4 is 11.3 Å². The molecule has 16 heavy (non-hydrogen) atoms. The highest BCUT2D eigenvalue weighted by molar-refractivity contribution is 7.09. The maximum absolute atomic E-state index is 5.31. The van der Waals surface area contributed by atoms with E-state index in [2.05, 4.69) is 17.2 Å². The summed E-state index contributed by atoms with van der Waals surface area (Å²) in [5, 5.41) is 6.67. The molecule has 0 aliphatic carbocycles. The van der Waals surface area contributed by atoms with E-state index in [0.717, 1.165) is 25.1 Å². The normalized spacial score (nSPS) is 12.8. The third-order valence-corrected chi connectivity index (χ3v) is 3.24. The van der Waals surface area contributed by atoms with Crippen LogP contribution >= 0.6 is 11.3 Å². The molecule has 1 unspecified atom stereocenters. The summed E-state index contributed by atoms with van der Waals surface area (Å²) in [5.41, 5.74) is 0. The van der Waals surface area contributed by atoms with Gasteiger partial charge in [-0.15, -0.1) is 11.3 Å². The van der Waals surface area contributed by atoms with E-state index in [1.807, 2.05) is 23.7 Å². The van der Waals surface area contributed by atoms with E-state index in [1.54, 1.807) is 17.6 Å². The lowest BCUT2D eigenvalue weighted by Gasteiger charge is -2.11. The number of hydrogen-bond acceptors (Lipinski definition) is 4. The summed E-state index contributed by atoms with van der Waals surface area (Å²) in [7, 11) is 0. The van der Waals surface area contributed by atoms with Gasteiger partial charge in [-0.1, -0.05) is 0 Å². The maximum Gasteiger partial charge on any atom is 0.105 e. The van der Waals surface area contributed by atoms with Gasteiger partial charge in [0, 0.05) is 37.0 Å². The number of nitrogens with one attached hydrogen (secondary N) is 1. The fraction of sp³-hybridized carbons (Fsp3) is 0.417. The second-order valence-corrected chi connectivity index (χ2v) is 4.79. The minimum Gasteiger partial charge on any atom is -0.469 e. The molecule has 0 amide bonds. The van der Waals surface area contributed by atoms with Crippen LogP contribution in [0.5, 0.6) is 0 Å². The summed E-state index contributed by atoms with van der Waals surface area (Å²) in [6.07, 6.45) is 5.51. The summed E-state index contributed by atoms with van der Waals surface area (Å²) in [4.78, 5) is 4.25. The van der Waals surface area contributed by atoms with Crippen molar-refractivity contribution in [1.29, 1.82) is 0 Å². The van der Waals surface area contributed by atoms with Crippen LogP contribution in [-0.4, -0.2) is 17.6 Å². The molecule has 1 atom stereocenters.